The molecule has 0 amide bonds. The van der Waals surface area contributed by atoms with Crippen molar-refractivity contribution in [3.63, 3.8) is 0 Å². The van der Waals surface area contributed by atoms with E-state index in [-0.39, 0.29) is 17.3 Å². The van der Waals surface area contributed by atoms with Crippen molar-refractivity contribution in [1.82, 2.24) is 15.0 Å². The van der Waals surface area contributed by atoms with Gasteiger partial charge in [0.05, 0.1) is 5.60 Å². The van der Waals surface area contributed by atoms with Crippen molar-refractivity contribution >= 4 is 27.9 Å². The van der Waals surface area contributed by atoms with Crippen LogP contribution in [-0.2, 0) is 15.0 Å². The molecule has 2 atom stereocenters. The predicted molar refractivity (Wildman–Crippen MR) is 140 cm³/mol. The maximum Gasteiger partial charge on any atom is 0.325 e. The number of aryl methyl sites for hydroxylation is 1. The highest BCUT2D eigenvalue weighted by Gasteiger charge is 2.41. The molecule has 0 saturated heterocycles. The van der Waals surface area contributed by atoms with Gasteiger partial charge in [0.2, 0.25) is 0 Å². The molecule has 0 radical (unpaired) electrons. The van der Waals surface area contributed by atoms with E-state index < -0.39 is 16.9 Å². The zero-order valence-corrected chi connectivity index (χ0v) is 23.6. The van der Waals surface area contributed by atoms with Crippen molar-refractivity contribution < 1.29 is 13.6 Å². The number of hydrogen-bond donors (Lipinski definition) is 1. The van der Waals surface area contributed by atoms with Crippen LogP contribution in [0.5, 0.6) is 5.75 Å². The molecular formula is C25H39N3O3Si2. The Morgan fingerprint density at radius 1 is 1.03 bits per heavy atom. The van der Waals surface area contributed by atoms with E-state index in [9.17, 15) is 5.11 Å². The molecule has 33 heavy (non-hydrogen) atoms. The minimum atomic E-state index is -2.42. The van der Waals surface area contributed by atoms with Crippen LogP contribution < -0.4 is 0 Å². The van der Waals surface area contributed by atoms with Crippen molar-refractivity contribution in [2.45, 2.75) is 78.9 Å². The maximum absolute atomic E-state index is 11.2. The number of rotatable bonds is 8. The fourth-order valence-electron chi connectivity index (χ4n) is 4.59. The summed E-state index contributed by atoms with van der Waals surface area (Å²) in [5.41, 5.74) is 3.93. The Bertz CT molecular complexity index is 1070. The van der Waals surface area contributed by atoms with Gasteiger partial charge in [-0.25, -0.2) is 0 Å². The van der Waals surface area contributed by atoms with Crippen molar-refractivity contribution in [3.05, 3.63) is 47.5 Å². The molecule has 0 saturated carbocycles. The summed E-state index contributed by atoms with van der Waals surface area (Å²) in [4.78, 5) is 1.54. The third kappa shape index (κ3) is 6.99. The Balaban J connectivity index is 1.87. The van der Waals surface area contributed by atoms with Gasteiger partial charge in [0.25, 0.3) is 0 Å². The quantitative estimate of drug-likeness (QED) is 0.376. The van der Waals surface area contributed by atoms with Crippen molar-refractivity contribution in [1.29, 1.82) is 0 Å². The van der Waals surface area contributed by atoms with E-state index in [2.05, 4.69) is 70.1 Å². The minimum Gasteiger partial charge on any atom is -0.505 e. The molecule has 0 aliphatic heterocycles. The van der Waals surface area contributed by atoms with Crippen LogP contribution in [-0.4, -0.2) is 42.6 Å². The lowest BCUT2D eigenvalue weighted by Crippen LogP contribution is -2.51. The summed E-state index contributed by atoms with van der Waals surface area (Å²) < 4.78 is 13.2. The van der Waals surface area contributed by atoms with E-state index in [4.69, 9.17) is 8.54 Å². The Labute approximate surface area is 200 Å². The van der Waals surface area contributed by atoms with Crippen molar-refractivity contribution in [3.8, 4) is 11.4 Å². The third-order valence-corrected chi connectivity index (χ3v) is 11.8. The van der Waals surface area contributed by atoms with Crippen LogP contribution in [0.4, 0.5) is 0 Å². The van der Waals surface area contributed by atoms with Gasteiger partial charge in [0, 0.05) is 0 Å². The van der Waals surface area contributed by atoms with Crippen LogP contribution >= 0.6 is 0 Å². The standard InChI is InChI=1S/C25H39N3O3Si2/c1-18-14-20(15-19(2)17-33(9,30-25(3,4)5)31-32(6,7)8)24(29)23(16-18)28-26-21-12-10-11-13-22(21)27-28/h10-14,16,19,29H,15,17H2,1-9H3. The van der Waals surface area contributed by atoms with E-state index in [1.165, 1.54) is 4.80 Å². The van der Waals surface area contributed by atoms with Gasteiger partial charge in [0.1, 0.15) is 22.5 Å². The van der Waals surface area contributed by atoms with Gasteiger partial charge >= 0.3 is 8.56 Å². The zero-order chi connectivity index (χ0) is 24.6. The molecule has 0 aliphatic carbocycles. The smallest absolute Gasteiger partial charge is 0.325 e. The summed E-state index contributed by atoms with van der Waals surface area (Å²) in [5, 5.41) is 20.3. The second kappa shape index (κ2) is 9.33. The van der Waals surface area contributed by atoms with Crippen molar-refractivity contribution in [2.24, 2.45) is 5.92 Å². The molecule has 2 unspecified atom stereocenters. The second-order valence-electron chi connectivity index (χ2n) is 11.3. The number of aromatic nitrogens is 3. The molecule has 3 rings (SSSR count). The third-order valence-electron chi connectivity index (χ3n) is 5.15. The van der Waals surface area contributed by atoms with Gasteiger partial charge in [-0.05, 0) is 102 Å². The highest BCUT2D eigenvalue weighted by atomic mass is 28.4. The fraction of sp³-hybridized carbons (Fsp3) is 0.520. The summed E-state index contributed by atoms with van der Waals surface area (Å²) in [7, 11) is -4.19. The summed E-state index contributed by atoms with van der Waals surface area (Å²) in [6.07, 6.45) is 0.729. The molecule has 0 aliphatic rings. The summed E-state index contributed by atoms with van der Waals surface area (Å²) >= 11 is 0. The Morgan fingerprint density at radius 2 is 1.61 bits per heavy atom. The zero-order valence-electron chi connectivity index (χ0n) is 21.6. The maximum atomic E-state index is 11.2. The number of fused-ring (bicyclic) bond motifs is 1. The van der Waals surface area contributed by atoms with Crippen LogP contribution in [0, 0.1) is 12.8 Å². The average molecular weight is 486 g/mol. The van der Waals surface area contributed by atoms with Crippen LogP contribution in [0.25, 0.3) is 16.7 Å². The van der Waals surface area contributed by atoms with Gasteiger partial charge < -0.3 is 13.6 Å². The summed E-state index contributed by atoms with van der Waals surface area (Å²) in [6, 6.07) is 12.6. The van der Waals surface area contributed by atoms with E-state index >= 15 is 0 Å². The molecule has 0 fully saturated rings. The number of hydrogen-bond acceptors (Lipinski definition) is 5. The molecule has 0 bridgehead atoms. The molecular weight excluding hydrogens is 446 g/mol. The van der Waals surface area contributed by atoms with Gasteiger partial charge in [-0.1, -0.05) is 25.1 Å². The first-order valence-electron chi connectivity index (χ1n) is 11.7. The van der Waals surface area contributed by atoms with Crippen LogP contribution in [0.2, 0.25) is 32.2 Å². The number of phenols is 1. The normalized spacial score (nSPS) is 15.5. The molecule has 0 spiro atoms. The van der Waals surface area contributed by atoms with Gasteiger partial charge in [-0.15, -0.1) is 15.0 Å². The number of phenolic OH excluding ortho intramolecular Hbond substituents is 1. The van der Waals surface area contributed by atoms with Crippen molar-refractivity contribution in [2.75, 3.05) is 0 Å². The Hall–Kier alpha value is -2.01. The van der Waals surface area contributed by atoms with Gasteiger partial charge in [0.15, 0.2) is 8.32 Å². The number of benzene rings is 2. The highest BCUT2D eigenvalue weighted by molar-refractivity contribution is 6.82. The molecule has 8 heteroatoms. The molecule has 1 N–H and O–H groups in total. The molecule has 3 aromatic rings. The fourth-order valence-corrected chi connectivity index (χ4v) is 13.1. The minimum absolute atomic E-state index is 0.235. The van der Waals surface area contributed by atoms with E-state index in [0.717, 1.165) is 34.6 Å². The molecule has 1 heterocycles. The lowest BCUT2D eigenvalue weighted by Gasteiger charge is -2.40. The van der Waals surface area contributed by atoms with Crippen LogP contribution in [0.3, 0.4) is 0 Å². The summed E-state index contributed by atoms with van der Waals surface area (Å²) in [6.45, 7) is 19.4. The van der Waals surface area contributed by atoms with Gasteiger partial charge in [-0.3, -0.25) is 0 Å². The number of nitrogens with zero attached hydrogens (tertiary/aromatic N) is 3. The highest BCUT2D eigenvalue weighted by Crippen LogP contribution is 2.34. The van der Waals surface area contributed by atoms with Crippen LogP contribution in [0.1, 0.15) is 38.8 Å². The first-order chi connectivity index (χ1) is 15.1. The summed E-state index contributed by atoms with van der Waals surface area (Å²) in [5.74, 6) is 0.518. The predicted octanol–water partition coefficient (Wildman–Crippen LogP) is 6.35. The van der Waals surface area contributed by atoms with Gasteiger partial charge in [-0.2, -0.15) is 0 Å². The lowest BCUT2D eigenvalue weighted by molar-refractivity contribution is 0.0874. The topological polar surface area (TPSA) is 69.4 Å². The first kappa shape index (κ1) is 25.6. The SMILES string of the molecule is Cc1cc(CC(C)C[Si](C)(OC(C)(C)C)O[Si](C)(C)C)c(O)c(-n2nc3ccccc3n2)c1. The van der Waals surface area contributed by atoms with E-state index in [1.807, 2.05) is 37.3 Å². The Morgan fingerprint density at radius 3 is 2.12 bits per heavy atom. The Kier molecular flexibility index (Phi) is 7.24. The second-order valence-corrected chi connectivity index (χ2v) is 19.3. The molecule has 2 aromatic carbocycles. The molecule has 6 nitrogen and oxygen atoms in total. The first-order valence-corrected chi connectivity index (χ1v) is 17.6. The van der Waals surface area contributed by atoms with E-state index in [1.54, 1.807) is 0 Å². The van der Waals surface area contributed by atoms with Crippen LogP contribution in [0.15, 0.2) is 36.4 Å². The number of aromatic hydroxyl groups is 1. The monoisotopic (exact) mass is 485 g/mol. The average Bonchev–Trinajstić information content (AvgIpc) is 3.04. The largest absolute Gasteiger partial charge is 0.505 e. The van der Waals surface area contributed by atoms with E-state index in [0.29, 0.717) is 5.69 Å². The lowest BCUT2D eigenvalue weighted by atomic mass is 9.99. The molecule has 180 valence electrons. The molecule has 1 aromatic heterocycles.